The van der Waals surface area contributed by atoms with Gasteiger partial charge in [0, 0.05) is 24.4 Å². The van der Waals surface area contributed by atoms with E-state index in [1.54, 1.807) is 0 Å². The van der Waals surface area contributed by atoms with E-state index in [1.807, 2.05) is 0 Å². The molecule has 1 amide bonds. The molecule has 1 fully saturated rings. The molecule has 7 nitrogen and oxygen atoms in total. The van der Waals surface area contributed by atoms with Crippen LogP contribution in [0.4, 0.5) is 0 Å². The van der Waals surface area contributed by atoms with Crippen LogP contribution in [-0.4, -0.2) is 38.0 Å². The standard InChI is InChI=1S/C12H16N2O5S2/c15-10(14-9-3-4-9)2-1-5-13-21(18,19)11-6-8(7-20-11)12(16)17/h6-7,9,13H,1-5H2,(H,14,15)(H,16,17). The minimum Gasteiger partial charge on any atom is -0.478 e. The summed E-state index contributed by atoms with van der Waals surface area (Å²) in [6.07, 6.45) is 2.70. The molecular formula is C12H16N2O5S2. The third kappa shape index (κ3) is 4.80. The van der Waals surface area contributed by atoms with Crippen LogP contribution in [0.3, 0.4) is 0 Å². The van der Waals surface area contributed by atoms with Crippen molar-refractivity contribution in [2.24, 2.45) is 0 Å². The number of carboxylic acids is 1. The highest BCUT2D eigenvalue weighted by molar-refractivity contribution is 7.91. The maximum absolute atomic E-state index is 11.9. The molecule has 0 bridgehead atoms. The van der Waals surface area contributed by atoms with Crippen molar-refractivity contribution in [3.63, 3.8) is 0 Å². The van der Waals surface area contributed by atoms with Crippen LogP contribution in [0.2, 0.25) is 0 Å². The Morgan fingerprint density at radius 2 is 2.10 bits per heavy atom. The van der Waals surface area contributed by atoms with Crippen molar-refractivity contribution >= 4 is 33.2 Å². The SMILES string of the molecule is O=C(CCCNS(=O)(=O)c1cc(C(=O)O)cs1)NC1CC1. The van der Waals surface area contributed by atoms with E-state index in [0.717, 1.165) is 30.2 Å². The number of nitrogens with one attached hydrogen (secondary N) is 2. The van der Waals surface area contributed by atoms with Gasteiger partial charge in [-0.15, -0.1) is 11.3 Å². The molecule has 1 aromatic heterocycles. The zero-order valence-corrected chi connectivity index (χ0v) is 12.8. The van der Waals surface area contributed by atoms with Crippen molar-refractivity contribution in [3.8, 4) is 0 Å². The van der Waals surface area contributed by atoms with Crippen molar-refractivity contribution in [1.82, 2.24) is 10.0 Å². The maximum Gasteiger partial charge on any atom is 0.336 e. The minimum absolute atomic E-state index is 0.0395. The lowest BCUT2D eigenvalue weighted by atomic mass is 10.3. The summed E-state index contributed by atoms with van der Waals surface area (Å²) in [5, 5.41) is 12.9. The Kier molecular flexibility index (Phi) is 4.96. The molecule has 21 heavy (non-hydrogen) atoms. The number of sulfonamides is 1. The summed E-state index contributed by atoms with van der Waals surface area (Å²) >= 11 is 0.855. The predicted molar refractivity (Wildman–Crippen MR) is 76.9 cm³/mol. The van der Waals surface area contributed by atoms with Crippen molar-refractivity contribution in [2.75, 3.05) is 6.54 Å². The highest BCUT2D eigenvalue weighted by Gasteiger charge is 2.23. The van der Waals surface area contributed by atoms with Crippen molar-refractivity contribution in [2.45, 2.75) is 35.9 Å². The Hall–Kier alpha value is -1.45. The fourth-order valence-electron chi connectivity index (χ4n) is 1.62. The van der Waals surface area contributed by atoms with Gasteiger partial charge in [0.25, 0.3) is 0 Å². The smallest absolute Gasteiger partial charge is 0.336 e. The lowest BCUT2D eigenvalue weighted by Crippen LogP contribution is -2.28. The average molecular weight is 332 g/mol. The number of carboxylic acid groups (broad SMARTS) is 1. The molecule has 0 unspecified atom stereocenters. The normalized spacial score (nSPS) is 14.9. The molecule has 1 saturated carbocycles. The second-order valence-corrected chi connectivity index (χ2v) is 7.71. The molecule has 0 saturated heterocycles. The molecule has 2 rings (SSSR count). The summed E-state index contributed by atoms with van der Waals surface area (Å²) in [5.74, 6) is -1.23. The van der Waals surface area contributed by atoms with Crippen LogP contribution >= 0.6 is 11.3 Å². The Bertz CT molecular complexity index is 634. The van der Waals surface area contributed by atoms with Gasteiger partial charge in [-0.25, -0.2) is 17.9 Å². The number of carbonyl (C=O) groups is 2. The molecule has 3 N–H and O–H groups in total. The van der Waals surface area contributed by atoms with Crippen LogP contribution in [0, 0.1) is 0 Å². The Labute approximate surface area is 126 Å². The van der Waals surface area contributed by atoms with Gasteiger partial charge in [-0.05, 0) is 25.3 Å². The Morgan fingerprint density at radius 1 is 1.38 bits per heavy atom. The molecule has 116 valence electrons. The fourth-order valence-corrected chi connectivity index (χ4v) is 3.90. The van der Waals surface area contributed by atoms with Crippen LogP contribution in [0.1, 0.15) is 36.0 Å². The molecule has 0 atom stereocenters. The number of aromatic carboxylic acids is 1. The van der Waals surface area contributed by atoms with Crippen LogP contribution in [0.25, 0.3) is 0 Å². The van der Waals surface area contributed by atoms with E-state index in [4.69, 9.17) is 5.11 Å². The summed E-state index contributed by atoms with van der Waals surface area (Å²) in [5.41, 5.74) is -0.0517. The van der Waals surface area contributed by atoms with E-state index in [0.29, 0.717) is 12.5 Å². The Morgan fingerprint density at radius 3 is 2.67 bits per heavy atom. The number of amides is 1. The van der Waals surface area contributed by atoms with E-state index < -0.39 is 16.0 Å². The third-order valence-corrected chi connectivity index (χ3v) is 5.80. The zero-order chi connectivity index (χ0) is 15.5. The topological polar surface area (TPSA) is 113 Å². The van der Waals surface area contributed by atoms with Crippen LogP contribution in [-0.2, 0) is 14.8 Å². The van der Waals surface area contributed by atoms with E-state index in [1.165, 1.54) is 5.38 Å². The summed E-state index contributed by atoms with van der Waals surface area (Å²) < 4.78 is 26.1. The zero-order valence-electron chi connectivity index (χ0n) is 11.2. The average Bonchev–Trinajstić information content (AvgIpc) is 3.06. The first kappa shape index (κ1) is 15.9. The number of carbonyl (C=O) groups excluding carboxylic acids is 1. The van der Waals surface area contributed by atoms with Gasteiger partial charge in [-0.3, -0.25) is 4.79 Å². The quantitative estimate of drug-likeness (QED) is 0.609. The molecule has 0 aromatic carbocycles. The lowest BCUT2D eigenvalue weighted by molar-refractivity contribution is -0.121. The number of hydrogen-bond acceptors (Lipinski definition) is 5. The largest absolute Gasteiger partial charge is 0.478 e. The first-order valence-electron chi connectivity index (χ1n) is 6.49. The van der Waals surface area contributed by atoms with Crippen LogP contribution in [0.5, 0.6) is 0 Å². The van der Waals surface area contributed by atoms with E-state index in [-0.39, 0.29) is 28.6 Å². The summed E-state index contributed by atoms with van der Waals surface area (Å²) in [6, 6.07) is 1.42. The van der Waals surface area contributed by atoms with E-state index >= 15 is 0 Å². The summed E-state index contributed by atoms with van der Waals surface area (Å²) in [6.45, 7) is 0.140. The second kappa shape index (κ2) is 6.54. The highest BCUT2D eigenvalue weighted by Crippen LogP contribution is 2.20. The summed E-state index contributed by atoms with van der Waals surface area (Å²) in [7, 11) is -3.71. The number of rotatable bonds is 8. The van der Waals surface area contributed by atoms with Crippen LogP contribution < -0.4 is 10.0 Å². The third-order valence-electron chi connectivity index (χ3n) is 2.90. The molecule has 9 heteroatoms. The highest BCUT2D eigenvalue weighted by atomic mass is 32.2. The number of thiophene rings is 1. The predicted octanol–water partition coefficient (Wildman–Crippen LogP) is 0.783. The van der Waals surface area contributed by atoms with Gasteiger partial charge in [0.1, 0.15) is 4.21 Å². The second-order valence-electron chi connectivity index (χ2n) is 4.80. The van der Waals surface area contributed by atoms with Gasteiger partial charge in [0.2, 0.25) is 15.9 Å². The van der Waals surface area contributed by atoms with E-state index in [9.17, 15) is 18.0 Å². The minimum atomic E-state index is -3.71. The van der Waals surface area contributed by atoms with Gasteiger partial charge >= 0.3 is 5.97 Å². The van der Waals surface area contributed by atoms with Crippen molar-refractivity contribution in [1.29, 1.82) is 0 Å². The molecule has 1 aliphatic carbocycles. The molecule has 1 aromatic rings. The summed E-state index contributed by atoms with van der Waals surface area (Å²) in [4.78, 5) is 22.1. The van der Waals surface area contributed by atoms with Crippen molar-refractivity contribution < 1.29 is 23.1 Å². The first-order chi connectivity index (χ1) is 9.88. The first-order valence-corrected chi connectivity index (χ1v) is 8.85. The van der Waals surface area contributed by atoms with Crippen molar-refractivity contribution in [3.05, 3.63) is 17.0 Å². The molecule has 1 heterocycles. The number of hydrogen-bond donors (Lipinski definition) is 3. The van der Waals surface area contributed by atoms with Gasteiger partial charge in [0.05, 0.1) is 5.56 Å². The lowest BCUT2D eigenvalue weighted by Gasteiger charge is -2.05. The molecule has 0 spiro atoms. The monoisotopic (exact) mass is 332 g/mol. The Balaban J connectivity index is 1.77. The fraction of sp³-hybridized carbons (Fsp3) is 0.500. The molecule has 0 aliphatic heterocycles. The van der Waals surface area contributed by atoms with Gasteiger partial charge < -0.3 is 10.4 Å². The van der Waals surface area contributed by atoms with Gasteiger partial charge in [-0.2, -0.15) is 0 Å². The van der Waals surface area contributed by atoms with Gasteiger partial charge in [0.15, 0.2) is 0 Å². The maximum atomic E-state index is 11.9. The van der Waals surface area contributed by atoms with Gasteiger partial charge in [-0.1, -0.05) is 0 Å². The molecular weight excluding hydrogens is 316 g/mol. The van der Waals surface area contributed by atoms with E-state index in [2.05, 4.69) is 10.0 Å². The molecule has 0 radical (unpaired) electrons. The van der Waals surface area contributed by atoms with Crippen LogP contribution in [0.15, 0.2) is 15.7 Å². The molecule has 1 aliphatic rings.